The molecule has 0 fully saturated rings. The van der Waals surface area contributed by atoms with Crippen molar-refractivity contribution in [1.29, 1.82) is 0 Å². The van der Waals surface area contributed by atoms with Crippen molar-refractivity contribution < 1.29 is 32.9 Å². The highest BCUT2D eigenvalue weighted by molar-refractivity contribution is 6.08. The molecule has 0 radical (unpaired) electrons. The van der Waals surface area contributed by atoms with Gasteiger partial charge < -0.3 is 28.1 Å². The van der Waals surface area contributed by atoms with Crippen LogP contribution in [-0.4, -0.2) is 41.3 Å². The van der Waals surface area contributed by atoms with E-state index in [0.717, 1.165) is 16.9 Å². The van der Waals surface area contributed by atoms with Gasteiger partial charge in [-0.05, 0) is 47.5 Å². The number of fused-ring (bicyclic) bond motifs is 1. The van der Waals surface area contributed by atoms with E-state index in [0.29, 0.717) is 33.9 Å². The fourth-order valence-electron chi connectivity index (χ4n) is 3.99. The Balaban J connectivity index is 1.73. The van der Waals surface area contributed by atoms with E-state index in [9.17, 15) is 9.59 Å². The summed E-state index contributed by atoms with van der Waals surface area (Å²) in [6.45, 7) is 0. The van der Waals surface area contributed by atoms with E-state index < -0.39 is 11.4 Å². The van der Waals surface area contributed by atoms with Crippen LogP contribution < -0.4 is 29.3 Å². The highest BCUT2D eigenvalue weighted by Gasteiger charge is 2.16. The molecule has 0 saturated heterocycles. The summed E-state index contributed by atoms with van der Waals surface area (Å²) in [7, 11) is 7.69. The lowest BCUT2D eigenvalue weighted by Crippen LogP contribution is -2.12. The summed E-state index contributed by atoms with van der Waals surface area (Å²) in [6.07, 6.45) is 6.72. The summed E-state index contributed by atoms with van der Waals surface area (Å²) in [6, 6.07) is 15.8. The number of ether oxygens (including phenoxy) is 5. The van der Waals surface area contributed by atoms with Crippen molar-refractivity contribution in [2.75, 3.05) is 35.5 Å². The van der Waals surface area contributed by atoms with Crippen LogP contribution in [0, 0.1) is 0 Å². The number of carbonyl (C=O) groups is 1. The maximum atomic E-state index is 13.2. The standard InChI is InChI=1S/C31H28O8/c1-34-21-10-7-19(8-11-21)6-9-20-14-22(35-2)15-28(37-4)24(20)12-13-27(32)25-18-26-29(38-5)16-23(36-3)17-30(26)39-31(25)33/h6-18H,1-5H3/b9-6?,13-12+. The number of benzene rings is 3. The molecule has 0 bridgehead atoms. The van der Waals surface area contributed by atoms with Crippen molar-refractivity contribution in [3.05, 3.63) is 93.3 Å². The third-order valence-corrected chi connectivity index (χ3v) is 6.09. The zero-order chi connectivity index (χ0) is 27.9. The van der Waals surface area contributed by atoms with Crippen molar-refractivity contribution in [1.82, 2.24) is 0 Å². The van der Waals surface area contributed by atoms with E-state index >= 15 is 0 Å². The number of rotatable bonds is 10. The normalized spacial score (nSPS) is 11.2. The van der Waals surface area contributed by atoms with Crippen LogP contribution in [0.4, 0.5) is 0 Å². The van der Waals surface area contributed by atoms with Gasteiger partial charge >= 0.3 is 5.63 Å². The first kappa shape index (κ1) is 27.1. The number of hydrogen-bond donors (Lipinski definition) is 0. The van der Waals surface area contributed by atoms with E-state index in [-0.39, 0.29) is 11.1 Å². The minimum Gasteiger partial charge on any atom is -0.497 e. The van der Waals surface area contributed by atoms with Gasteiger partial charge in [0.15, 0.2) is 5.78 Å². The van der Waals surface area contributed by atoms with Gasteiger partial charge in [-0.1, -0.05) is 24.3 Å². The SMILES string of the molecule is COc1ccc(C=Cc2cc(OC)cc(OC)c2/C=C/C(=O)c2cc3c(OC)cc(OC)cc3oc2=O)cc1. The Morgan fingerprint density at radius 2 is 1.33 bits per heavy atom. The molecule has 8 heteroatoms. The molecule has 1 heterocycles. The van der Waals surface area contributed by atoms with Gasteiger partial charge in [-0.2, -0.15) is 0 Å². The second-order valence-electron chi connectivity index (χ2n) is 8.33. The summed E-state index contributed by atoms with van der Waals surface area (Å²) >= 11 is 0. The van der Waals surface area contributed by atoms with Crippen LogP contribution in [0.3, 0.4) is 0 Å². The Hall–Kier alpha value is -4.98. The first-order valence-corrected chi connectivity index (χ1v) is 11.9. The molecule has 0 atom stereocenters. The first-order chi connectivity index (χ1) is 18.9. The van der Waals surface area contributed by atoms with Gasteiger partial charge in [0.05, 0.1) is 40.9 Å². The van der Waals surface area contributed by atoms with Crippen molar-refractivity contribution in [2.24, 2.45) is 0 Å². The van der Waals surface area contributed by atoms with Crippen LogP contribution in [0.2, 0.25) is 0 Å². The van der Waals surface area contributed by atoms with E-state index in [1.807, 2.05) is 42.5 Å². The summed E-state index contributed by atoms with van der Waals surface area (Å²) in [5, 5.41) is 0.472. The van der Waals surface area contributed by atoms with Crippen LogP contribution >= 0.6 is 0 Å². The highest BCUT2D eigenvalue weighted by atomic mass is 16.5. The Morgan fingerprint density at radius 3 is 1.97 bits per heavy atom. The quantitative estimate of drug-likeness (QED) is 0.109. The molecular formula is C31H28O8. The molecule has 0 spiro atoms. The van der Waals surface area contributed by atoms with Gasteiger partial charge in [0.2, 0.25) is 0 Å². The lowest BCUT2D eigenvalue weighted by atomic mass is 10.0. The van der Waals surface area contributed by atoms with Gasteiger partial charge in [-0.15, -0.1) is 0 Å². The third-order valence-electron chi connectivity index (χ3n) is 6.09. The number of hydrogen-bond acceptors (Lipinski definition) is 8. The second kappa shape index (κ2) is 12.0. The fourth-order valence-corrected chi connectivity index (χ4v) is 3.99. The fraction of sp³-hybridized carbons (Fsp3) is 0.161. The third kappa shape index (κ3) is 5.96. The van der Waals surface area contributed by atoms with Crippen LogP contribution in [-0.2, 0) is 0 Å². The average molecular weight is 529 g/mol. The average Bonchev–Trinajstić information content (AvgIpc) is 2.97. The zero-order valence-corrected chi connectivity index (χ0v) is 22.3. The summed E-state index contributed by atoms with van der Waals surface area (Å²) in [5.41, 5.74) is 1.66. The molecule has 0 aliphatic carbocycles. The van der Waals surface area contributed by atoms with Gasteiger partial charge in [0.25, 0.3) is 0 Å². The van der Waals surface area contributed by atoms with Crippen molar-refractivity contribution in [3.8, 4) is 28.7 Å². The molecule has 0 amide bonds. The van der Waals surface area contributed by atoms with Gasteiger partial charge in [-0.3, -0.25) is 4.79 Å². The van der Waals surface area contributed by atoms with E-state index in [1.54, 1.807) is 38.5 Å². The Morgan fingerprint density at radius 1 is 0.692 bits per heavy atom. The van der Waals surface area contributed by atoms with E-state index in [1.165, 1.54) is 33.5 Å². The lowest BCUT2D eigenvalue weighted by Gasteiger charge is -2.12. The predicted octanol–water partition coefficient (Wildman–Crippen LogP) is 5.90. The maximum Gasteiger partial charge on any atom is 0.347 e. The van der Waals surface area contributed by atoms with E-state index in [2.05, 4.69) is 0 Å². The first-order valence-electron chi connectivity index (χ1n) is 11.9. The van der Waals surface area contributed by atoms with Crippen molar-refractivity contribution in [3.63, 3.8) is 0 Å². The molecule has 39 heavy (non-hydrogen) atoms. The molecule has 0 aliphatic rings. The molecular weight excluding hydrogens is 500 g/mol. The van der Waals surface area contributed by atoms with Crippen LogP contribution in [0.1, 0.15) is 27.0 Å². The molecule has 0 unspecified atom stereocenters. The van der Waals surface area contributed by atoms with E-state index in [4.69, 9.17) is 28.1 Å². The molecule has 1 aromatic heterocycles. The van der Waals surface area contributed by atoms with Gasteiger partial charge in [0, 0.05) is 23.8 Å². The molecule has 8 nitrogen and oxygen atoms in total. The summed E-state index contributed by atoms with van der Waals surface area (Å²) in [5.74, 6) is 2.17. The number of allylic oxidation sites excluding steroid dienone is 1. The molecule has 0 aliphatic heterocycles. The van der Waals surface area contributed by atoms with Crippen molar-refractivity contribution in [2.45, 2.75) is 0 Å². The van der Waals surface area contributed by atoms with Crippen LogP contribution in [0.25, 0.3) is 29.2 Å². The Kier molecular flexibility index (Phi) is 8.36. The Labute approximate surface area is 225 Å². The highest BCUT2D eigenvalue weighted by Crippen LogP contribution is 2.33. The topological polar surface area (TPSA) is 93.4 Å². The second-order valence-corrected chi connectivity index (χ2v) is 8.33. The number of carbonyl (C=O) groups excluding carboxylic acids is 1. The zero-order valence-electron chi connectivity index (χ0n) is 22.3. The molecule has 0 N–H and O–H groups in total. The monoisotopic (exact) mass is 528 g/mol. The molecule has 4 aromatic rings. The number of ketones is 1. The minimum absolute atomic E-state index is 0.134. The van der Waals surface area contributed by atoms with Crippen LogP contribution in [0.15, 0.2) is 69.9 Å². The van der Waals surface area contributed by atoms with Gasteiger partial charge in [0.1, 0.15) is 39.9 Å². The van der Waals surface area contributed by atoms with Crippen LogP contribution in [0.5, 0.6) is 28.7 Å². The Bertz CT molecular complexity index is 1610. The minimum atomic E-state index is -0.770. The molecule has 200 valence electrons. The molecule has 3 aromatic carbocycles. The molecule has 4 rings (SSSR count). The largest absolute Gasteiger partial charge is 0.497 e. The molecule has 0 saturated carbocycles. The van der Waals surface area contributed by atoms with Gasteiger partial charge in [-0.25, -0.2) is 4.79 Å². The predicted molar refractivity (Wildman–Crippen MR) is 150 cm³/mol. The summed E-state index contributed by atoms with van der Waals surface area (Å²) < 4.78 is 32.3. The lowest BCUT2D eigenvalue weighted by molar-refractivity contribution is 0.104. The maximum absolute atomic E-state index is 13.2. The smallest absolute Gasteiger partial charge is 0.347 e. The van der Waals surface area contributed by atoms with Crippen molar-refractivity contribution >= 4 is 35.0 Å². The summed E-state index contributed by atoms with van der Waals surface area (Å²) in [4.78, 5) is 25.9. The number of methoxy groups -OCH3 is 5.